The Bertz CT molecular complexity index is 582. The van der Waals surface area contributed by atoms with E-state index in [0.29, 0.717) is 5.54 Å². The van der Waals surface area contributed by atoms with Crippen molar-refractivity contribution in [2.24, 2.45) is 17.8 Å². The number of carboxylic acids is 1. The van der Waals surface area contributed by atoms with Crippen molar-refractivity contribution in [3.05, 3.63) is 41.5 Å². The molecule has 3 heteroatoms. The van der Waals surface area contributed by atoms with Crippen LogP contribution in [0.3, 0.4) is 0 Å². The molecule has 0 aliphatic heterocycles. The summed E-state index contributed by atoms with van der Waals surface area (Å²) in [4.78, 5) is 10.6. The maximum Gasteiger partial charge on any atom is 0.328 e. The normalized spacial score (nSPS) is 35.0. The summed E-state index contributed by atoms with van der Waals surface area (Å²) in [6, 6.07) is 8.20. The number of aliphatic carboxylic acids is 1. The van der Waals surface area contributed by atoms with Gasteiger partial charge in [-0.15, -0.1) is 0 Å². The molecule has 0 spiro atoms. The van der Waals surface area contributed by atoms with Gasteiger partial charge in [-0.3, -0.25) is 0 Å². The van der Waals surface area contributed by atoms with Crippen molar-refractivity contribution < 1.29 is 9.90 Å². The first-order valence-corrected chi connectivity index (χ1v) is 8.85. The van der Waals surface area contributed by atoms with E-state index in [1.165, 1.54) is 50.2 Å². The first-order chi connectivity index (χ1) is 11.1. The molecule has 1 aromatic rings. The van der Waals surface area contributed by atoms with E-state index in [1.54, 1.807) is 6.08 Å². The van der Waals surface area contributed by atoms with E-state index in [4.69, 9.17) is 5.11 Å². The predicted molar refractivity (Wildman–Crippen MR) is 90.9 cm³/mol. The predicted octanol–water partition coefficient (Wildman–Crippen LogP) is 3.84. The Kier molecular flexibility index (Phi) is 3.76. The van der Waals surface area contributed by atoms with E-state index < -0.39 is 5.97 Å². The van der Waals surface area contributed by atoms with E-state index >= 15 is 0 Å². The fourth-order valence-corrected chi connectivity index (χ4v) is 5.53. The summed E-state index contributed by atoms with van der Waals surface area (Å²) in [5.74, 6) is 2.00. The van der Waals surface area contributed by atoms with E-state index in [1.807, 2.05) is 12.1 Å². The van der Waals surface area contributed by atoms with E-state index in [0.717, 1.165) is 29.9 Å². The van der Waals surface area contributed by atoms with Crippen LogP contribution in [0.4, 0.5) is 0 Å². The molecule has 0 amide bonds. The summed E-state index contributed by atoms with van der Waals surface area (Å²) in [7, 11) is 0. The van der Waals surface area contributed by atoms with Crippen molar-refractivity contribution in [3.63, 3.8) is 0 Å². The monoisotopic (exact) mass is 311 g/mol. The van der Waals surface area contributed by atoms with Crippen LogP contribution in [-0.2, 0) is 11.3 Å². The number of rotatable bonds is 5. The van der Waals surface area contributed by atoms with Crippen molar-refractivity contribution in [1.82, 2.24) is 5.32 Å². The third kappa shape index (κ3) is 3.20. The molecule has 23 heavy (non-hydrogen) atoms. The second kappa shape index (κ2) is 5.79. The molecule has 4 bridgehead atoms. The maximum absolute atomic E-state index is 10.6. The molecule has 0 atom stereocenters. The van der Waals surface area contributed by atoms with Crippen molar-refractivity contribution in [2.45, 2.75) is 50.6 Å². The summed E-state index contributed by atoms with van der Waals surface area (Å²) in [6.45, 7) is 0.926. The highest BCUT2D eigenvalue weighted by molar-refractivity contribution is 5.85. The van der Waals surface area contributed by atoms with E-state index in [2.05, 4.69) is 17.4 Å². The molecule has 4 aliphatic rings. The van der Waals surface area contributed by atoms with Gasteiger partial charge in [0.15, 0.2) is 0 Å². The van der Waals surface area contributed by atoms with Gasteiger partial charge in [-0.25, -0.2) is 4.79 Å². The zero-order valence-corrected chi connectivity index (χ0v) is 13.5. The fraction of sp³-hybridized carbons (Fsp3) is 0.550. The Hall–Kier alpha value is -1.61. The van der Waals surface area contributed by atoms with Gasteiger partial charge in [0.2, 0.25) is 0 Å². The molecule has 0 heterocycles. The molecule has 4 fully saturated rings. The zero-order valence-electron chi connectivity index (χ0n) is 13.5. The van der Waals surface area contributed by atoms with Crippen LogP contribution in [0.1, 0.15) is 49.7 Å². The quantitative estimate of drug-likeness (QED) is 0.812. The van der Waals surface area contributed by atoms with Crippen LogP contribution in [0.25, 0.3) is 6.08 Å². The smallest absolute Gasteiger partial charge is 0.328 e. The van der Waals surface area contributed by atoms with Crippen molar-refractivity contribution in [2.75, 3.05) is 0 Å². The third-order valence-electron chi connectivity index (χ3n) is 6.10. The molecule has 0 aromatic heterocycles. The van der Waals surface area contributed by atoms with Crippen LogP contribution in [-0.4, -0.2) is 16.6 Å². The van der Waals surface area contributed by atoms with Crippen molar-refractivity contribution in [3.8, 4) is 0 Å². The van der Waals surface area contributed by atoms with Crippen LogP contribution in [0, 0.1) is 17.8 Å². The van der Waals surface area contributed by atoms with Gasteiger partial charge in [0.25, 0.3) is 0 Å². The molecule has 0 unspecified atom stereocenters. The summed E-state index contributed by atoms with van der Waals surface area (Å²) in [5.41, 5.74) is 2.62. The first-order valence-electron chi connectivity index (χ1n) is 8.85. The van der Waals surface area contributed by atoms with Gasteiger partial charge < -0.3 is 10.4 Å². The third-order valence-corrected chi connectivity index (χ3v) is 6.10. The van der Waals surface area contributed by atoms with Gasteiger partial charge in [0.05, 0.1) is 0 Å². The van der Waals surface area contributed by atoms with Gasteiger partial charge in [0.1, 0.15) is 0 Å². The lowest BCUT2D eigenvalue weighted by molar-refractivity contribution is -0.131. The number of carbonyl (C=O) groups is 1. The number of benzene rings is 1. The Morgan fingerprint density at radius 3 is 2.17 bits per heavy atom. The van der Waals surface area contributed by atoms with Crippen LogP contribution in [0.5, 0.6) is 0 Å². The number of hydrogen-bond acceptors (Lipinski definition) is 2. The number of hydrogen-bond donors (Lipinski definition) is 2. The molecule has 0 radical (unpaired) electrons. The zero-order chi connectivity index (χ0) is 15.9. The van der Waals surface area contributed by atoms with Crippen molar-refractivity contribution in [1.29, 1.82) is 0 Å². The Morgan fingerprint density at radius 1 is 1.09 bits per heavy atom. The molecule has 3 nitrogen and oxygen atoms in total. The average molecular weight is 311 g/mol. The minimum atomic E-state index is -0.905. The van der Waals surface area contributed by atoms with Crippen LogP contribution >= 0.6 is 0 Å². The highest BCUT2D eigenvalue weighted by Crippen LogP contribution is 2.55. The minimum Gasteiger partial charge on any atom is -0.478 e. The summed E-state index contributed by atoms with van der Waals surface area (Å²) >= 11 is 0. The summed E-state index contributed by atoms with van der Waals surface area (Å²) < 4.78 is 0. The molecule has 4 aliphatic carbocycles. The average Bonchev–Trinajstić information content (AvgIpc) is 2.51. The topological polar surface area (TPSA) is 49.3 Å². The standard InChI is InChI=1S/C20H25NO2/c22-19(23)6-5-14-1-3-15(4-2-14)13-21-20-10-16-7-17(11-20)9-18(8-16)12-20/h1-6,16-18,21H,7-13H2,(H,22,23). The largest absolute Gasteiger partial charge is 0.478 e. The minimum absolute atomic E-state index is 0.399. The lowest BCUT2D eigenvalue weighted by Gasteiger charge is -2.57. The molecule has 4 saturated carbocycles. The molecule has 5 rings (SSSR count). The second-order valence-electron chi connectivity index (χ2n) is 7.96. The highest BCUT2D eigenvalue weighted by Gasteiger charge is 2.50. The van der Waals surface area contributed by atoms with Crippen LogP contribution in [0.15, 0.2) is 30.3 Å². The van der Waals surface area contributed by atoms with Gasteiger partial charge in [-0.2, -0.15) is 0 Å². The van der Waals surface area contributed by atoms with Gasteiger partial charge in [-0.05, 0) is 73.5 Å². The number of carboxylic acid groups (broad SMARTS) is 1. The van der Waals surface area contributed by atoms with Crippen molar-refractivity contribution >= 4 is 12.0 Å². The molecule has 122 valence electrons. The SMILES string of the molecule is O=C(O)C=Cc1ccc(CNC23CC4CC(CC(C4)C2)C3)cc1. The van der Waals surface area contributed by atoms with Gasteiger partial charge >= 0.3 is 5.97 Å². The first kappa shape index (κ1) is 14.9. The molecular weight excluding hydrogens is 286 g/mol. The molecule has 2 N–H and O–H groups in total. The van der Waals surface area contributed by atoms with Crippen LogP contribution < -0.4 is 5.32 Å². The Morgan fingerprint density at radius 2 is 1.65 bits per heavy atom. The number of nitrogens with one attached hydrogen (secondary N) is 1. The fourth-order valence-electron chi connectivity index (χ4n) is 5.53. The lowest BCUT2D eigenvalue weighted by Crippen LogP contribution is -2.58. The van der Waals surface area contributed by atoms with Gasteiger partial charge in [-0.1, -0.05) is 24.3 Å². The van der Waals surface area contributed by atoms with Crippen LogP contribution in [0.2, 0.25) is 0 Å². The summed E-state index contributed by atoms with van der Waals surface area (Å²) in [6.07, 6.45) is 11.4. The molecule has 1 aromatic carbocycles. The maximum atomic E-state index is 10.6. The Balaban J connectivity index is 1.38. The lowest BCUT2D eigenvalue weighted by atomic mass is 9.53. The summed E-state index contributed by atoms with van der Waals surface area (Å²) in [5, 5.41) is 12.6. The second-order valence-corrected chi connectivity index (χ2v) is 7.96. The molecule has 0 saturated heterocycles. The van der Waals surface area contributed by atoms with E-state index in [-0.39, 0.29) is 0 Å². The molecular formula is C20H25NO2. The van der Waals surface area contributed by atoms with E-state index in [9.17, 15) is 4.79 Å². The highest BCUT2D eigenvalue weighted by atomic mass is 16.4. The van der Waals surface area contributed by atoms with Gasteiger partial charge in [0, 0.05) is 18.2 Å². The Labute approximate surface area is 137 Å².